The van der Waals surface area contributed by atoms with Gasteiger partial charge >= 0.3 is 0 Å². The van der Waals surface area contributed by atoms with Gasteiger partial charge in [0.2, 0.25) is 0 Å². The van der Waals surface area contributed by atoms with Crippen LogP contribution in [-0.2, 0) is 25.1 Å². The molecule has 2 aliphatic rings. The van der Waals surface area contributed by atoms with E-state index >= 15 is 0 Å². The van der Waals surface area contributed by atoms with Crippen molar-refractivity contribution in [1.29, 1.82) is 0 Å². The molecule has 0 radical (unpaired) electrons. The minimum Gasteiger partial charge on any atom is -0.417 e. The fourth-order valence-electron chi connectivity index (χ4n) is 5.29. The summed E-state index contributed by atoms with van der Waals surface area (Å²) < 4.78 is 27.4. The van der Waals surface area contributed by atoms with Crippen LogP contribution in [0.2, 0.25) is 28.3 Å². The van der Waals surface area contributed by atoms with Crippen LogP contribution in [0, 0.1) is 0 Å². The Labute approximate surface area is 247 Å². The van der Waals surface area contributed by atoms with Crippen molar-refractivity contribution in [1.82, 2.24) is 14.5 Å². The molecule has 0 amide bonds. The largest absolute Gasteiger partial charge is 0.417 e. The van der Waals surface area contributed by atoms with E-state index in [0.29, 0.717) is 34.2 Å². The van der Waals surface area contributed by atoms with E-state index in [0.717, 1.165) is 17.5 Å². The molecule has 218 valence electrons. The molecule has 0 saturated carbocycles. The van der Waals surface area contributed by atoms with E-state index in [1.807, 2.05) is 42.8 Å². The molecule has 0 unspecified atom stereocenters. The Hall–Kier alpha value is -1.56. The Balaban J connectivity index is 1.39. The molecule has 4 heterocycles. The molecule has 2 aliphatic heterocycles. The lowest BCUT2D eigenvalue weighted by Gasteiger charge is -2.36. The number of aliphatic hydroxyl groups excluding tert-OH is 1. The first-order valence-electron chi connectivity index (χ1n) is 13.8. The Bertz CT molecular complexity index is 1380. The van der Waals surface area contributed by atoms with Crippen molar-refractivity contribution < 1.29 is 23.7 Å². The second-order valence-electron chi connectivity index (χ2n) is 12.7. The Morgan fingerprint density at radius 3 is 2.58 bits per heavy atom. The van der Waals surface area contributed by atoms with Gasteiger partial charge in [-0.3, -0.25) is 0 Å². The predicted molar refractivity (Wildman–Crippen MR) is 158 cm³/mol. The number of nitrogens with zero attached hydrogens (tertiary/aromatic N) is 3. The lowest BCUT2D eigenvalue weighted by molar-refractivity contribution is -0.207. The van der Waals surface area contributed by atoms with Crippen LogP contribution < -0.4 is 0 Å². The van der Waals surface area contributed by atoms with Gasteiger partial charge in [-0.05, 0) is 74.1 Å². The summed E-state index contributed by atoms with van der Waals surface area (Å²) in [5, 5.41) is 13.6. The van der Waals surface area contributed by atoms with Crippen LogP contribution in [0.4, 0.5) is 0 Å². The van der Waals surface area contributed by atoms with Gasteiger partial charge in [0, 0.05) is 17.8 Å². The molecular formula is C29H39Cl2N3O5Si. The number of aryl methyl sites for hydroxylation is 1. The number of hydrogen-bond donors (Lipinski definition) is 1. The third-order valence-corrected chi connectivity index (χ3v) is 13.5. The van der Waals surface area contributed by atoms with Crippen LogP contribution in [0.15, 0.2) is 36.8 Å². The quantitative estimate of drug-likeness (QED) is 0.170. The van der Waals surface area contributed by atoms with Crippen molar-refractivity contribution in [2.45, 2.75) is 102 Å². The lowest BCUT2D eigenvalue weighted by atomic mass is 9.93. The van der Waals surface area contributed by atoms with Gasteiger partial charge in [0.1, 0.15) is 41.5 Å². The molecule has 1 N–H and O–H groups in total. The summed E-state index contributed by atoms with van der Waals surface area (Å²) in [4.78, 5) is 8.51. The highest BCUT2D eigenvalue weighted by Crippen LogP contribution is 2.47. The molecule has 5 atom stereocenters. The first-order chi connectivity index (χ1) is 18.7. The normalized spacial score (nSPS) is 25.4. The third kappa shape index (κ3) is 5.72. The zero-order valence-corrected chi connectivity index (χ0v) is 26.7. The van der Waals surface area contributed by atoms with Crippen molar-refractivity contribution >= 4 is 42.6 Å². The maximum absolute atomic E-state index is 11.8. The van der Waals surface area contributed by atoms with Gasteiger partial charge in [-0.15, -0.1) is 0 Å². The molecular weight excluding hydrogens is 569 g/mol. The first kappa shape index (κ1) is 29.9. The Kier molecular flexibility index (Phi) is 8.17. The SMILES string of the molecule is CC1(C)O[C@H]2[C@@H](O1)[C@H](n1ccc3c(Cl)ncnc31)O[C@@H]2[C@@H](O)c1ccc(Cl)cc1CCCO[Si](C)(C)C(C)(C)C. The highest BCUT2D eigenvalue weighted by molar-refractivity contribution is 6.74. The van der Waals surface area contributed by atoms with Crippen molar-refractivity contribution in [2.24, 2.45) is 0 Å². The fourth-order valence-corrected chi connectivity index (χ4v) is 6.77. The van der Waals surface area contributed by atoms with E-state index in [1.165, 1.54) is 6.33 Å². The van der Waals surface area contributed by atoms with Gasteiger partial charge in [-0.2, -0.15) is 0 Å². The van der Waals surface area contributed by atoms with Crippen LogP contribution in [0.25, 0.3) is 11.0 Å². The number of ether oxygens (including phenoxy) is 3. The van der Waals surface area contributed by atoms with E-state index in [4.69, 9.17) is 41.8 Å². The summed E-state index contributed by atoms with van der Waals surface area (Å²) in [6.07, 6.45) is 1.60. The third-order valence-electron chi connectivity index (χ3n) is 8.39. The van der Waals surface area contributed by atoms with Gasteiger partial charge in [0.25, 0.3) is 0 Å². The molecule has 1 aromatic carbocycles. The van der Waals surface area contributed by atoms with Crippen molar-refractivity contribution in [2.75, 3.05) is 6.61 Å². The van der Waals surface area contributed by atoms with E-state index in [1.54, 1.807) is 6.07 Å². The average Bonchev–Trinajstić information content (AvgIpc) is 3.52. The molecule has 11 heteroatoms. The highest BCUT2D eigenvalue weighted by atomic mass is 35.5. The zero-order valence-electron chi connectivity index (χ0n) is 24.1. The average molecular weight is 609 g/mol. The highest BCUT2D eigenvalue weighted by Gasteiger charge is 2.58. The standard InChI is InChI=1S/C29H39Cl2N3O5Si/c1-28(2,3)40(6,7)36-14-8-9-17-15-18(30)10-11-19(17)21(35)22-23-24(39-29(4,5)38-23)27(37-22)34-13-12-20-25(31)32-16-33-26(20)34/h10-13,15-16,21-24,27,35H,8-9,14H2,1-7H3/t21-,22+,23+,24+,27+/m0/s1. The number of benzene rings is 1. The fraction of sp³-hybridized carbons (Fsp3) is 0.586. The van der Waals surface area contributed by atoms with Gasteiger partial charge < -0.3 is 28.3 Å². The number of aliphatic hydroxyl groups is 1. The number of rotatable bonds is 8. The monoisotopic (exact) mass is 607 g/mol. The minimum absolute atomic E-state index is 0.150. The maximum atomic E-state index is 11.8. The van der Waals surface area contributed by atoms with Crippen LogP contribution in [0.5, 0.6) is 0 Å². The molecule has 2 fully saturated rings. The molecule has 0 aliphatic carbocycles. The molecule has 3 aromatic rings. The Morgan fingerprint density at radius 1 is 1.12 bits per heavy atom. The summed E-state index contributed by atoms with van der Waals surface area (Å²) in [6, 6.07) is 7.45. The molecule has 0 spiro atoms. The molecule has 5 rings (SSSR count). The second kappa shape index (κ2) is 10.9. The van der Waals surface area contributed by atoms with Crippen molar-refractivity contribution in [3.8, 4) is 0 Å². The first-order valence-corrected chi connectivity index (χ1v) is 17.4. The summed E-state index contributed by atoms with van der Waals surface area (Å²) >= 11 is 12.7. The van der Waals surface area contributed by atoms with E-state index in [9.17, 15) is 5.11 Å². The molecule has 2 aromatic heterocycles. The van der Waals surface area contributed by atoms with Crippen LogP contribution in [0.1, 0.15) is 64.5 Å². The maximum Gasteiger partial charge on any atom is 0.191 e. The molecule has 0 bridgehead atoms. The van der Waals surface area contributed by atoms with E-state index in [-0.39, 0.29) is 5.04 Å². The smallest absolute Gasteiger partial charge is 0.191 e. The van der Waals surface area contributed by atoms with Gasteiger partial charge in [0.05, 0.1) is 5.39 Å². The molecule has 40 heavy (non-hydrogen) atoms. The topological polar surface area (TPSA) is 87.9 Å². The van der Waals surface area contributed by atoms with Crippen molar-refractivity contribution in [3.63, 3.8) is 0 Å². The van der Waals surface area contributed by atoms with Gasteiger partial charge in [0.15, 0.2) is 20.3 Å². The minimum atomic E-state index is -1.84. The van der Waals surface area contributed by atoms with Gasteiger partial charge in [-0.25, -0.2) is 9.97 Å². The lowest BCUT2D eigenvalue weighted by Crippen LogP contribution is -2.41. The van der Waals surface area contributed by atoms with Crippen LogP contribution >= 0.6 is 23.2 Å². The predicted octanol–water partition coefficient (Wildman–Crippen LogP) is 6.84. The summed E-state index contributed by atoms with van der Waals surface area (Å²) in [5.41, 5.74) is 2.35. The summed E-state index contributed by atoms with van der Waals surface area (Å²) in [6.45, 7) is 15.6. The van der Waals surface area contributed by atoms with Gasteiger partial charge in [-0.1, -0.05) is 50.0 Å². The number of hydrogen-bond acceptors (Lipinski definition) is 7. The number of aromatic nitrogens is 3. The van der Waals surface area contributed by atoms with Crippen LogP contribution in [0.3, 0.4) is 0 Å². The summed E-state index contributed by atoms with van der Waals surface area (Å²) in [7, 11) is -1.84. The second-order valence-corrected chi connectivity index (χ2v) is 18.3. The summed E-state index contributed by atoms with van der Waals surface area (Å²) in [5.74, 6) is -0.838. The van der Waals surface area contributed by atoms with Crippen LogP contribution in [-0.4, -0.2) is 58.7 Å². The Morgan fingerprint density at radius 2 is 1.85 bits per heavy atom. The van der Waals surface area contributed by atoms with E-state index < -0.39 is 44.7 Å². The zero-order chi connectivity index (χ0) is 29.0. The van der Waals surface area contributed by atoms with E-state index in [2.05, 4.69) is 43.8 Å². The molecule has 2 saturated heterocycles. The van der Waals surface area contributed by atoms with Crippen molar-refractivity contribution in [3.05, 3.63) is 58.1 Å². The number of fused-ring (bicyclic) bond motifs is 2. The molecule has 8 nitrogen and oxygen atoms in total. The number of halogens is 2.